The van der Waals surface area contributed by atoms with Gasteiger partial charge in [-0.3, -0.25) is 14.6 Å². The van der Waals surface area contributed by atoms with Crippen molar-refractivity contribution in [2.45, 2.75) is 19.4 Å². The Morgan fingerprint density at radius 2 is 2.15 bits per heavy atom. The molecule has 1 aliphatic heterocycles. The van der Waals surface area contributed by atoms with Gasteiger partial charge < -0.3 is 10.2 Å². The van der Waals surface area contributed by atoms with Crippen LogP contribution in [0.3, 0.4) is 0 Å². The molecule has 0 aromatic carbocycles. The van der Waals surface area contributed by atoms with E-state index < -0.39 is 0 Å². The van der Waals surface area contributed by atoms with E-state index >= 15 is 0 Å². The first kappa shape index (κ1) is 16.3. The van der Waals surface area contributed by atoms with E-state index in [-0.39, 0.29) is 30.2 Å². The maximum absolute atomic E-state index is 12.7. The number of hydrogen-bond acceptors (Lipinski definition) is 4. The second-order valence-electron chi connectivity index (χ2n) is 6.48. The van der Waals surface area contributed by atoms with Crippen LogP contribution in [-0.2, 0) is 9.59 Å². The first-order chi connectivity index (χ1) is 12.6. The number of amides is 2. The monoisotopic (exact) mass is 349 g/mol. The number of fused-ring (bicyclic) bond motifs is 1. The van der Waals surface area contributed by atoms with Crippen molar-refractivity contribution in [2.24, 2.45) is 5.92 Å². The van der Waals surface area contributed by atoms with Gasteiger partial charge in [0.15, 0.2) is 0 Å². The molecule has 0 spiro atoms. The molecule has 4 heterocycles. The largest absolute Gasteiger partial charge is 0.349 e. The third-order valence-electron chi connectivity index (χ3n) is 4.73. The minimum atomic E-state index is -0.369. The summed E-state index contributed by atoms with van der Waals surface area (Å²) in [7, 11) is 0. The summed E-state index contributed by atoms with van der Waals surface area (Å²) in [5.41, 5.74) is 2.63. The van der Waals surface area contributed by atoms with E-state index in [0.717, 1.165) is 16.8 Å². The summed E-state index contributed by atoms with van der Waals surface area (Å²) in [5, 5.41) is 7.33. The Hall–Kier alpha value is -3.22. The summed E-state index contributed by atoms with van der Waals surface area (Å²) in [6.45, 7) is 2.30. The molecular formula is C19H19N5O2. The van der Waals surface area contributed by atoms with Gasteiger partial charge in [0.2, 0.25) is 11.8 Å². The Labute approximate surface area is 150 Å². The summed E-state index contributed by atoms with van der Waals surface area (Å²) in [5.74, 6) is -0.540. The van der Waals surface area contributed by atoms with Crippen molar-refractivity contribution in [3.05, 3.63) is 60.7 Å². The molecule has 2 amide bonds. The maximum Gasteiger partial charge on any atom is 0.227 e. The Kier molecular flexibility index (Phi) is 4.12. The van der Waals surface area contributed by atoms with Crippen LogP contribution in [0.1, 0.15) is 24.9 Å². The molecule has 132 valence electrons. The Morgan fingerprint density at radius 1 is 1.27 bits per heavy atom. The number of rotatable bonds is 4. The van der Waals surface area contributed by atoms with Crippen LogP contribution in [0.5, 0.6) is 0 Å². The van der Waals surface area contributed by atoms with Gasteiger partial charge in [0.05, 0.1) is 35.6 Å². The highest BCUT2D eigenvalue weighted by molar-refractivity contribution is 6.00. The van der Waals surface area contributed by atoms with Gasteiger partial charge in [-0.1, -0.05) is 6.07 Å². The lowest BCUT2D eigenvalue weighted by Gasteiger charge is -2.18. The van der Waals surface area contributed by atoms with Gasteiger partial charge in [-0.25, -0.2) is 4.52 Å². The van der Waals surface area contributed by atoms with Crippen molar-refractivity contribution in [1.82, 2.24) is 19.9 Å². The minimum absolute atomic E-state index is 0.0539. The second-order valence-corrected chi connectivity index (χ2v) is 6.48. The molecule has 7 nitrogen and oxygen atoms in total. The Morgan fingerprint density at radius 3 is 2.96 bits per heavy atom. The fourth-order valence-corrected chi connectivity index (χ4v) is 3.34. The van der Waals surface area contributed by atoms with E-state index in [1.807, 2.05) is 37.4 Å². The number of nitrogens with zero attached hydrogens (tertiary/aromatic N) is 4. The molecule has 0 unspecified atom stereocenters. The van der Waals surface area contributed by atoms with Gasteiger partial charge >= 0.3 is 0 Å². The van der Waals surface area contributed by atoms with Crippen molar-refractivity contribution < 1.29 is 9.59 Å². The van der Waals surface area contributed by atoms with Crippen molar-refractivity contribution in [3.8, 4) is 0 Å². The summed E-state index contributed by atoms with van der Waals surface area (Å²) in [6, 6.07) is 9.23. The number of carbonyl (C=O) groups is 2. The fraction of sp³-hybridized carbons (Fsp3) is 0.263. The molecule has 1 fully saturated rings. The highest BCUT2D eigenvalue weighted by Crippen LogP contribution is 2.25. The number of nitrogens with one attached hydrogen (secondary N) is 1. The van der Waals surface area contributed by atoms with Gasteiger partial charge in [-0.05, 0) is 31.2 Å². The quantitative estimate of drug-likeness (QED) is 0.781. The van der Waals surface area contributed by atoms with Crippen LogP contribution >= 0.6 is 0 Å². The molecule has 26 heavy (non-hydrogen) atoms. The fourth-order valence-electron chi connectivity index (χ4n) is 3.34. The Bertz CT molecular complexity index is 953. The first-order valence-corrected chi connectivity index (χ1v) is 8.56. The number of pyridine rings is 2. The third-order valence-corrected chi connectivity index (χ3v) is 4.73. The first-order valence-electron chi connectivity index (χ1n) is 8.56. The summed E-state index contributed by atoms with van der Waals surface area (Å²) < 4.78 is 1.78. The SMILES string of the molecule is C[C@@H](NC(=O)[C@@H]1CC(=O)N(c2cccnc2)C1)c1cnn2ccccc12. The van der Waals surface area contributed by atoms with Gasteiger partial charge in [-0.2, -0.15) is 5.10 Å². The van der Waals surface area contributed by atoms with Gasteiger partial charge in [-0.15, -0.1) is 0 Å². The highest BCUT2D eigenvalue weighted by atomic mass is 16.2. The maximum atomic E-state index is 12.7. The van der Waals surface area contributed by atoms with E-state index in [1.165, 1.54) is 0 Å². The van der Waals surface area contributed by atoms with Gasteiger partial charge in [0.1, 0.15) is 0 Å². The molecule has 2 atom stereocenters. The molecule has 3 aromatic rings. The van der Waals surface area contributed by atoms with Crippen LogP contribution < -0.4 is 10.2 Å². The van der Waals surface area contributed by atoms with Crippen molar-refractivity contribution >= 4 is 23.0 Å². The third kappa shape index (κ3) is 2.92. The standard InChI is InChI=1S/C19H19N5O2/c1-13(16-11-21-24-8-3-2-6-17(16)24)22-19(26)14-9-18(25)23(12-14)15-5-4-7-20-10-15/h2-8,10-11,13-14H,9,12H2,1H3,(H,22,26)/t13-,14-/m1/s1. The molecule has 7 heteroatoms. The molecule has 1 N–H and O–H groups in total. The normalized spacial score (nSPS) is 18.3. The van der Waals surface area contributed by atoms with Crippen LogP contribution in [0.2, 0.25) is 0 Å². The minimum Gasteiger partial charge on any atom is -0.349 e. The lowest BCUT2D eigenvalue weighted by molar-refractivity contribution is -0.126. The molecule has 4 rings (SSSR count). The van der Waals surface area contributed by atoms with Crippen LogP contribution in [0, 0.1) is 5.92 Å². The van der Waals surface area contributed by atoms with Gasteiger partial charge in [0, 0.05) is 30.9 Å². The van der Waals surface area contributed by atoms with Crippen molar-refractivity contribution in [2.75, 3.05) is 11.4 Å². The molecule has 1 saturated heterocycles. The van der Waals surface area contributed by atoms with Crippen molar-refractivity contribution in [3.63, 3.8) is 0 Å². The zero-order valence-corrected chi connectivity index (χ0v) is 14.4. The van der Waals surface area contributed by atoms with Gasteiger partial charge in [0.25, 0.3) is 0 Å². The van der Waals surface area contributed by atoms with Crippen LogP contribution in [0.4, 0.5) is 5.69 Å². The van der Waals surface area contributed by atoms with Crippen LogP contribution in [0.15, 0.2) is 55.1 Å². The van der Waals surface area contributed by atoms with Crippen LogP contribution in [-0.4, -0.2) is 33.0 Å². The lowest BCUT2D eigenvalue weighted by atomic mass is 10.1. The van der Waals surface area contributed by atoms with E-state index in [4.69, 9.17) is 0 Å². The topological polar surface area (TPSA) is 79.6 Å². The average Bonchev–Trinajstić information content (AvgIpc) is 3.26. The molecule has 0 aliphatic carbocycles. The number of anilines is 1. The number of carbonyl (C=O) groups excluding carboxylic acids is 2. The molecule has 0 bridgehead atoms. The van der Waals surface area contributed by atoms with Crippen LogP contribution in [0.25, 0.3) is 5.52 Å². The number of aromatic nitrogens is 3. The van der Waals surface area contributed by atoms with E-state index in [9.17, 15) is 9.59 Å². The van der Waals surface area contributed by atoms with E-state index in [0.29, 0.717) is 6.54 Å². The molecule has 0 saturated carbocycles. The summed E-state index contributed by atoms with van der Waals surface area (Å²) >= 11 is 0. The lowest BCUT2D eigenvalue weighted by Crippen LogP contribution is -2.34. The second kappa shape index (κ2) is 6.59. The van der Waals surface area contributed by atoms with E-state index in [2.05, 4.69) is 15.4 Å². The Balaban J connectivity index is 1.46. The van der Waals surface area contributed by atoms with E-state index in [1.54, 1.807) is 34.1 Å². The predicted molar refractivity (Wildman–Crippen MR) is 96.4 cm³/mol. The average molecular weight is 349 g/mol. The highest BCUT2D eigenvalue weighted by Gasteiger charge is 2.35. The predicted octanol–water partition coefficient (Wildman–Crippen LogP) is 1.96. The zero-order chi connectivity index (χ0) is 18.1. The summed E-state index contributed by atoms with van der Waals surface area (Å²) in [4.78, 5) is 30.6. The smallest absolute Gasteiger partial charge is 0.227 e. The molecule has 0 radical (unpaired) electrons. The van der Waals surface area contributed by atoms with Crippen molar-refractivity contribution in [1.29, 1.82) is 0 Å². The zero-order valence-electron chi connectivity index (χ0n) is 14.4. The molecule has 1 aliphatic rings. The molecular weight excluding hydrogens is 330 g/mol. The summed E-state index contributed by atoms with van der Waals surface area (Å²) in [6.07, 6.45) is 7.14. The molecule has 3 aromatic heterocycles. The number of hydrogen-bond donors (Lipinski definition) is 1.